The van der Waals surface area contributed by atoms with Crippen molar-refractivity contribution in [1.29, 1.82) is 0 Å². The molecule has 0 N–H and O–H groups in total. The Labute approximate surface area is 157 Å². The van der Waals surface area contributed by atoms with E-state index in [2.05, 4.69) is 10.1 Å². The zero-order valence-corrected chi connectivity index (χ0v) is 15.8. The molecule has 1 aromatic heterocycles. The first-order chi connectivity index (χ1) is 11.9. The van der Waals surface area contributed by atoms with Crippen LogP contribution in [0.5, 0.6) is 0 Å². The molecule has 1 saturated heterocycles. The van der Waals surface area contributed by atoms with Gasteiger partial charge in [0.1, 0.15) is 0 Å². The molecule has 134 valence electrons. The molecule has 0 spiro atoms. The number of halogens is 2. The number of rotatable bonds is 4. The monoisotopic (exact) mass is 381 g/mol. The maximum atomic E-state index is 12.5. The van der Waals surface area contributed by atoms with E-state index in [4.69, 9.17) is 27.7 Å². The summed E-state index contributed by atoms with van der Waals surface area (Å²) in [6.07, 6.45) is 1.61. The van der Waals surface area contributed by atoms with Gasteiger partial charge in [0.2, 0.25) is 17.6 Å². The van der Waals surface area contributed by atoms with Crippen LogP contribution < -0.4 is 0 Å². The standard InChI is InChI=1S/C18H21Cl2N3O2/c1-18(2,11-19)17(24)23-8-6-12(7-9-23)16-21-15(22-25-16)13-4-3-5-14(20)10-13/h3-5,10,12H,6-9,11H2,1-2H3. The van der Waals surface area contributed by atoms with Crippen LogP contribution in [-0.4, -0.2) is 39.9 Å². The van der Waals surface area contributed by atoms with E-state index in [0.717, 1.165) is 18.4 Å². The minimum absolute atomic E-state index is 0.103. The molecule has 25 heavy (non-hydrogen) atoms. The van der Waals surface area contributed by atoms with Gasteiger partial charge in [0.15, 0.2) is 0 Å². The lowest BCUT2D eigenvalue weighted by Crippen LogP contribution is -2.45. The second-order valence-electron chi connectivity index (χ2n) is 7.05. The summed E-state index contributed by atoms with van der Waals surface area (Å²) in [5.41, 5.74) is 0.303. The van der Waals surface area contributed by atoms with Crippen molar-refractivity contribution in [2.75, 3.05) is 19.0 Å². The Morgan fingerprint density at radius 2 is 2.08 bits per heavy atom. The van der Waals surface area contributed by atoms with Crippen LogP contribution in [0.25, 0.3) is 11.4 Å². The quantitative estimate of drug-likeness (QED) is 0.738. The molecule has 1 aliphatic rings. The van der Waals surface area contributed by atoms with Crippen molar-refractivity contribution in [1.82, 2.24) is 15.0 Å². The van der Waals surface area contributed by atoms with E-state index in [1.807, 2.05) is 36.9 Å². The normalized spacial score (nSPS) is 16.2. The summed E-state index contributed by atoms with van der Waals surface area (Å²) in [6.45, 7) is 5.12. The van der Waals surface area contributed by atoms with Crippen molar-refractivity contribution in [3.8, 4) is 11.4 Å². The van der Waals surface area contributed by atoms with Crippen molar-refractivity contribution in [2.24, 2.45) is 5.41 Å². The number of carbonyl (C=O) groups excluding carboxylic acids is 1. The number of benzene rings is 1. The number of carbonyl (C=O) groups is 1. The molecule has 0 aliphatic carbocycles. The number of amides is 1. The highest BCUT2D eigenvalue weighted by atomic mass is 35.5. The van der Waals surface area contributed by atoms with Crippen LogP contribution in [0, 0.1) is 5.41 Å². The van der Waals surface area contributed by atoms with Gasteiger partial charge in [-0.25, -0.2) is 0 Å². The average Bonchev–Trinajstić information content (AvgIpc) is 3.11. The predicted molar refractivity (Wildman–Crippen MR) is 97.8 cm³/mol. The third-order valence-corrected chi connectivity index (χ3v) is 5.47. The minimum Gasteiger partial charge on any atom is -0.342 e. The van der Waals surface area contributed by atoms with Crippen molar-refractivity contribution in [2.45, 2.75) is 32.6 Å². The Balaban J connectivity index is 1.65. The van der Waals surface area contributed by atoms with E-state index in [1.54, 1.807) is 6.07 Å². The number of alkyl halides is 1. The number of nitrogens with zero attached hydrogens (tertiary/aromatic N) is 3. The van der Waals surface area contributed by atoms with Gasteiger partial charge in [0, 0.05) is 35.5 Å². The molecule has 1 amide bonds. The number of hydrogen-bond acceptors (Lipinski definition) is 4. The lowest BCUT2D eigenvalue weighted by atomic mass is 9.91. The molecule has 0 saturated carbocycles. The Morgan fingerprint density at radius 3 is 2.72 bits per heavy atom. The summed E-state index contributed by atoms with van der Waals surface area (Å²) in [5.74, 6) is 1.76. The van der Waals surface area contributed by atoms with Crippen molar-refractivity contribution in [3.05, 3.63) is 35.2 Å². The van der Waals surface area contributed by atoms with Crippen LogP contribution >= 0.6 is 23.2 Å². The van der Waals surface area contributed by atoms with Crippen LogP contribution in [0.3, 0.4) is 0 Å². The number of likely N-dealkylation sites (tertiary alicyclic amines) is 1. The lowest BCUT2D eigenvalue weighted by molar-refractivity contribution is -0.140. The summed E-state index contributed by atoms with van der Waals surface area (Å²) in [4.78, 5) is 18.9. The summed E-state index contributed by atoms with van der Waals surface area (Å²) >= 11 is 11.9. The van der Waals surface area contributed by atoms with Crippen LogP contribution in [0.15, 0.2) is 28.8 Å². The first kappa shape index (κ1) is 18.2. The zero-order valence-electron chi connectivity index (χ0n) is 14.3. The third kappa shape index (κ3) is 3.98. The van der Waals surface area contributed by atoms with E-state index in [1.165, 1.54) is 0 Å². The predicted octanol–water partition coefficient (Wildman–Crippen LogP) is 4.36. The SMILES string of the molecule is CC(C)(CCl)C(=O)N1CCC(c2nc(-c3cccc(Cl)c3)no2)CC1. The molecule has 1 aromatic carbocycles. The zero-order chi connectivity index (χ0) is 18.0. The molecule has 3 rings (SSSR count). The molecule has 2 heterocycles. The molecule has 5 nitrogen and oxygen atoms in total. The Morgan fingerprint density at radius 1 is 1.36 bits per heavy atom. The van der Waals surface area contributed by atoms with Crippen LogP contribution in [0.4, 0.5) is 0 Å². The summed E-state index contributed by atoms with van der Waals surface area (Å²) in [7, 11) is 0. The van der Waals surface area contributed by atoms with Crippen molar-refractivity contribution in [3.63, 3.8) is 0 Å². The molecule has 0 unspecified atom stereocenters. The largest absolute Gasteiger partial charge is 0.342 e. The molecule has 2 aromatic rings. The van der Waals surface area contributed by atoms with Crippen molar-refractivity contribution >= 4 is 29.1 Å². The van der Waals surface area contributed by atoms with Gasteiger partial charge in [-0.2, -0.15) is 4.98 Å². The Bertz CT molecular complexity index is 752. The number of piperidine rings is 1. The van der Waals surface area contributed by atoms with Gasteiger partial charge in [-0.15, -0.1) is 11.6 Å². The first-order valence-electron chi connectivity index (χ1n) is 8.35. The fourth-order valence-electron chi connectivity index (χ4n) is 2.96. The third-order valence-electron chi connectivity index (χ3n) is 4.57. The molecule has 0 bridgehead atoms. The fourth-order valence-corrected chi connectivity index (χ4v) is 3.27. The van der Waals surface area contributed by atoms with E-state index in [9.17, 15) is 4.79 Å². The van der Waals surface area contributed by atoms with Crippen LogP contribution in [0.2, 0.25) is 5.02 Å². The first-order valence-corrected chi connectivity index (χ1v) is 9.27. The molecule has 0 radical (unpaired) electrons. The van der Waals surface area contributed by atoms with Crippen LogP contribution in [-0.2, 0) is 4.79 Å². The van der Waals surface area contributed by atoms with Gasteiger partial charge in [-0.3, -0.25) is 4.79 Å². The number of hydrogen-bond donors (Lipinski definition) is 0. The highest BCUT2D eigenvalue weighted by Gasteiger charge is 2.34. The topological polar surface area (TPSA) is 59.2 Å². The highest BCUT2D eigenvalue weighted by Crippen LogP contribution is 2.31. The molecule has 1 fully saturated rings. The molecular weight excluding hydrogens is 361 g/mol. The van der Waals surface area contributed by atoms with E-state index in [0.29, 0.717) is 35.7 Å². The van der Waals surface area contributed by atoms with E-state index < -0.39 is 5.41 Å². The summed E-state index contributed by atoms with van der Waals surface area (Å²) in [5, 5.41) is 4.70. The van der Waals surface area contributed by atoms with Gasteiger partial charge in [0.05, 0.1) is 5.41 Å². The molecule has 0 atom stereocenters. The lowest BCUT2D eigenvalue weighted by Gasteiger charge is -2.35. The maximum Gasteiger partial charge on any atom is 0.230 e. The van der Waals surface area contributed by atoms with Gasteiger partial charge >= 0.3 is 0 Å². The summed E-state index contributed by atoms with van der Waals surface area (Å²) < 4.78 is 5.45. The summed E-state index contributed by atoms with van der Waals surface area (Å²) in [6, 6.07) is 7.37. The molecule has 7 heteroatoms. The number of aromatic nitrogens is 2. The smallest absolute Gasteiger partial charge is 0.230 e. The Hall–Kier alpha value is -1.59. The second kappa shape index (κ2) is 7.34. The Kier molecular flexibility index (Phi) is 5.35. The average molecular weight is 382 g/mol. The van der Waals surface area contributed by atoms with Gasteiger partial charge in [0.25, 0.3) is 0 Å². The molecular formula is C18H21Cl2N3O2. The molecule has 1 aliphatic heterocycles. The van der Waals surface area contributed by atoms with E-state index >= 15 is 0 Å². The van der Waals surface area contributed by atoms with Gasteiger partial charge < -0.3 is 9.42 Å². The van der Waals surface area contributed by atoms with Crippen molar-refractivity contribution < 1.29 is 9.32 Å². The van der Waals surface area contributed by atoms with E-state index in [-0.39, 0.29) is 11.8 Å². The second-order valence-corrected chi connectivity index (χ2v) is 7.75. The maximum absolute atomic E-state index is 12.5. The van der Waals surface area contributed by atoms with Crippen LogP contribution in [0.1, 0.15) is 38.5 Å². The van der Waals surface area contributed by atoms with Gasteiger partial charge in [-0.05, 0) is 38.8 Å². The highest BCUT2D eigenvalue weighted by molar-refractivity contribution is 6.30. The minimum atomic E-state index is -0.529. The van der Waals surface area contributed by atoms with Gasteiger partial charge in [-0.1, -0.05) is 28.9 Å². The fraction of sp³-hybridized carbons (Fsp3) is 0.500.